The predicted octanol–water partition coefficient (Wildman–Crippen LogP) is 6.81. The Morgan fingerprint density at radius 2 is 2.05 bits per heavy atom. The summed E-state index contributed by atoms with van der Waals surface area (Å²) in [5.41, 5.74) is 1.56. The van der Waals surface area contributed by atoms with E-state index in [1.54, 1.807) is 5.56 Å². The molecule has 22 heavy (non-hydrogen) atoms. The third kappa shape index (κ3) is 3.38. The summed E-state index contributed by atoms with van der Waals surface area (Å²) in [4.78, 5) is 0. The Labute approximate surface area is 136 Å². The molecule has 1 aromatic heterocycles. The molecule has 0 nitrogen and oxygen atoms in total. The van der Waals surface area contributed by atoms with Gasteiger partial charge in [-0.2, -0.15) is 0 Å². The fourth-order valence-corrected chi connectivity index (χ4v) is 5.39. The number of hydrogen-bond donors (Lipinski definition) is 0. The predicted molar refractivity (Wildman–Crippen MR) is 97.5 cm³/mol. The quantitative estimate of drug-likeness (QED) is 0.581. The highest BCUT2D eigenvalue weighted by molar-refractivity contribution is 7.35. The summed E-state index contributed by atoms with van der Waals surface area (Å²) in [6.07, 6.45) is 10.3. The van der Waals surface area contributed by atoms with Crippen molar-refractivity contribution in [3.8, 4) is 0 Å². The van der Waals surface area contributed by atoms with Crippen LogP contribution in [0.1, 0.15) is 51.0 Å². The Hall–Kier alpha value is -0.870. The number of fused-ring (bicyclic) bond motifs is 1. The van der Waals surface area contributed by atoms with Crippen LogP contribution in [-0.4, -0.2) is 0 Å². The molecule has 2 aromatic rings. The number of benzene rings is 1. The van der Waals surface area contributed by atoms with Crippen molar-refractivity contribution in [1.29, 1.82) is 0 Å². The van der Waals surface area contributed by atoms with Crippen LogP contribution in [0.15, 0.2) is 36.1 Å². The summed E-state index contributed by atoms with van der Waals surface area (Å²) in [5, 5.41) is 2.91. The summed E-state index contributed by atoms with van der Waals surface area (Å²) in [6, 6.07) is 11.6. The largest absolute Gasteiger partial charge is 0.0678 e. The van der Waals surface area contributed by atoms with Gasteiger partial charge >= 0.3 is 0 Å². The van der Waals surface area contributed by atoms with Crippen molar-refractivity contribution in [3.05, 3.63) is 41.7 Å². The van der Waals surface area contributed by atoms with Gasteiger partial charge in [-0.05, 0) is 72.2 Å². The molecule has 2 aliphatic carbocycles. The molecule has 1 heterocycles. The van der Waals surface area contributed by atoms with Crippen LogP contribution in [-0.2, 0) is 6.42 Å². The standard InChI is InChI=1S/C21H27P/c1-15-4-2-5-16(10-15)12-19-14-20(19)13-17-7-8-21-18(11-17)6-3-9-22-21/h3,6-9,11,15-16,19-20H,2,4-5,10,12-14H2,1H3/t15?,16?,19-,20?/m0/s1. The Morgan fingerprint density at radius 1 is 1.09 bits per heavy atom. The van der Waals surface area contributed by atoms with E-state index < -0.39 is 0 Å². The van der Waals surface area contributed by atoms with E-state index in [2.05, 4.69) is 43.1 Å². The van der Waals surface area contributed by atoms with E-state index in [0.29, 0.717) is 0 Å². The molecule has 0 radical (unpaired) electrons. The zero-order valence-corrected chi connectivity index (χ0v) is 14.6. The Morgan fingerprint density at radius 3 is 2.95 bits per heavy atom. The molecule has 0 bridgehead atoms. The van der Waals surface area contributed by atoms with E-state index >= 15 is 0 Å². The fourth-order valence-electron chi connectivity index (χ4n) is 4.61. The maximum absolute atomic E-state index is 2.45. The molecule has 1 aromatic carbocycles. The van der Waals surface area contributed by atoms with E-state index in [4.69, 9.17) is 0 Å². The summed E-state index contributed by atoms with van der Waals surface area (Å²) >= 11 is 0. The molecule has 2 saturated carbocycles. The first kappa shape index (κ1) is 14.7. The average Bonchev–Trinajstić information content (AvgIpc) is 3.24. The Bertz CT molecular complexity index is 647. The van der Waals surface area contributed by atoms with Crippen LogP contribution in [0.3, 0.4) is 0 Å². The van der Waals surface area contributed by atoms with Gasteiger partial charge in [0.15, 0.2) is 0 Å². The fraction of sp³-hybridized carbons (Fsp3) is 0.571. The summed E-state index contributed by atoms with van der Waals surface area (Å²) in [7, 11) is 1.35. The van der Waals surface area contributed by atoms with E-state index in [0.717, 1.165) is 23.7 Å². The minimum atomic E-state index is 0.979. The van der Waals surface area contributed by atoms with Crippen LogP contribution in [0.25, 0.3) is 10.5 Å². The maximum Gasteiger partial charge on any atom is 0.00904 e. The lowest BCUT2D eigenvalue weighted by molar-refractivity contribution is 0.258. The van der Waals surface area contributed by atoms with Crippen molar-refractivity contribution in [3.63, 3.8) is 0 Å². The van der Waals surface area contributed by atoms with Gasteiger partial charge in [0, 0.05) is 5.12 Å². The molecule has 0 aliphatic heterocycles. The highest BCUT2D eigenvalue weighted by atomic mass is 31.0. The van der Waals surface area contributed by atoms with Crippen LogP contribution in [0.5, 0.6) is 0 Å². The molecular weight excluding hydrogens is 283 g/mol. The second-order valence-corrected chi connectivity index (χ2v) is 8.90. The SMILES string of the molecule is CC1CCCC(C[C@H]2CC2Cc2ccc3pcccc3c2)C1. The number of hydrogen-bond acceptors (Lipinski definition) is 0. The topological polar surface area (TPSA) is 0 Å². The average molecular weight is 310 g/mol. The lowest BCUT2D eigenvalue weighted by Gasteiger charge is -2.26. The Balaban J connectivity index is 1.34. The van der Waals surface area contributed by atoms with Crippen molar-refractivity contribution >= 4 is 18.7 Å². The van der Waals surface area contributed by atoms with Gasteiger partial charge in [-0.1, -0.05) is 58.6 Å². The molecule has 0 spiro atoms. The number of rotatable bonds is 4. The van der Waals surface area contributed by atoms with E-state index in [-0.39, 0.29) is 0 Å². The second-order valence-electron chi connectivity index (χ2n) is 7.86. The van der Waals surface area contributed by atoms with Crippen LogP contribution < -0.4 is 0 Å². The van der Waals surface area contributed by atoms with Gasteiger partial charge < -0.3 is 0 Å². The van der Waals surface area contributed by atoms with Gasteiger partial charge in [0.2, 0.25) is 0 Å². The van der Waals surface area contributed by atoms with Crippen LogP contribution in [0, 0.1) is 23.7 Å². The van der Waals surface area contributed by atoms with E-state index in [1.165, 1.54) is 63.6 Å². The lowest BCUT2D eigenvalue weighted by Crippen LogP contribution is -2.14. The molecule has 0 N–H and O–H groups in total. The zero-order chi connectivity index (χ0) is 14.9. The van der Waals surface area contributed by atoms with Gasteiger partial charge in [-0.25, -0.2) is 0 Å². The van der Waals surface area contributed by atoms with Crippen molar-refractivity contribution in [2.75, 3.05) is 0 Å². The molecule has 2 aliphatic rings. The molecule has 0 amide bonds. The van der Waals surface area contributed by atoms with Gasteiger partial charge in [-0.15, -0.1) is 0 Å². The van der Waals surface area contributed by atoms with Crippen molar-refractivity contribution < 1.29 is 0 Å². The zero-order valence-electron chi connectivity index (χ0n) is 13.7. The monoisotopic (exact) mass is 310 g/mol. The minimum absolute atomic E-state index is 0.979. The molecule has 2 fully saturated rings. The normalized spacial score (nSPS) is 31.7. The third-order valence-corrected chi connectivity index (χ3v) is 6.92. The van der Waals surface area contributed by atoms with Gasteiger partial charge in [0.1, 0.15) is 0 Å². The second kappa shape index (κ2) is 6.32. The van der Waals surface area contributed by atoms with Crippen LogP contribution >= 0.6 is 8.19 Å². The van der Waals surface area contributed by atoms with Gasteiger partial charge in [0.25, 0.3) is 0 Å². The minimum Gasteiger partial charge on any atom is -0.0678 e. The molecular formula is C21H27P. The third-order valence-electron chi connectivity index (χ3n) is 5.92. The first-order valence-corrected chi connectivity index (χ1v) is 10.1. The molecule has 116 valence electrons. The van der Waals surface area contributed by atoms with E-state index in [9.17, 15) is 0 Å². The van der Waals surface area contributed by atoms with E-state index in [1.807, 2.05) is 0 Å². The summed E-state index contributed by atoms with van der Waals surface area (Å²) < 4.78 is 0. The molecule has 4 rings (SSSR count). The molecule has 1 heteroatoms. The molecule has 0 saturated heterocycles. The lowest BCUT2D eigenvalue weighted by atomic mass is 9.79. The van der Waals surface area contributed by atoms with Crippen molar-refractivity contribution in [2.45, 2.75) is 51.9 Å². The van der Waals surface area contributed by atoms with Crippen LogP contribution in [0.2, 0.25) is 0 Å². The van der Waals surface area contributed by atoms with Gasteiger partial charge in [-0.3, -0.25) is 0 Å². The molecule has 3 unspecified atom stereocenters. The van der Waals surface area contributed by atoms with Gasteiger partial charge in [0.05, 0.1) is 0 Å². The van der Waals surface area contributed by atoms with Crippen molar-refractivity contribution in [1.82, 2.24) is 0 Å². The summed E-state index contributed by atoms with van der Waals surface area (Å²) in [5.74, 6) is 6.27. The summed E-state index contributed by atoms with van der Waals surface area (Å²) in [6.45, 7) is 2.45. The van der Waals surface area contributed by atoms with Crippen LogP contribution in [0.4, 0.5) is 0 Å². The smallest absolute Gasteiger partial charge is 0.00904 e. The Kier molecular flexibility index (Phi) is 4.23. The maximum atomic E-state index is 2.45. The highest BCUT2D eigenvalue weighted by Crippen LogP contribution is 2.48. The van der Waals surface area contributed by atoms with Crippen molar-refractivity contribution in [2.24, 2.45) is 23.7 Å². The first-order chi connectivity index (χ1) is 10.8. The first-order valence-electron chi connectivity index (χ1n) is 9.11. The molecule has 4 atom stereocenters. The highest BCUT2D eigenvalue weighted by Gasteiger charge is 2.38.